The topological polar surface area (TPSA) is 90.7 Å². The van der Waals surface area contributed by atoms with Gasteiger partial charge in [0.25, 0.3) is 0 Å². The van der Waals surface area contributed by atoms with Gasteiger partial charge >= 0.3 is 0 Å². The highest BCUT2D eigenvalue weighted by molar-refractivity contribution is 7.15. The summed E-state index contributed by atoms with van der Waals surface area (Å²) >= 11 is 1.62. The van der Waals surface area contributed by atoms with Gasteiger partial charge in [0.15, 0.2) is 5.82 Å². The van der Waals surface area contributed by atoms with Crippen LogP contribution in [0.15, 0.2) is 30.5 Å². The molecule has 0 atom stereocenters. The third-order valence-electron chi connectivity index (χ3n) is 3.11. The summed E-state index contributed by atoms with van der Waals surface area (Å²) in [4.78, 5) is 14.4. The van der Waals surface area contributed by atoms with E-state index in [4.69, 9.17) is 11.5 Å². The van der Waals surface area contributed by atoms with E-state index >= 15 is 0 Å². The summed E-state index contributed by atoms with van der Waals surface area (Å²) in [6, 6.07) is 7.20. The van der Waals surface area contributed by atoms with Crippen molar-refractivity contribution in [3.63, 3.8) is 0 Å². The van der Waals surface area contributed by atoms with Gasteiger partial charge in [0.2, 0.25) is 0 Å². The first kappa shape index (κ1) is 13.5. The second-order valence-corrected chi connectivity index (χ2v) is 5.96. The highest BCUT2D eigenvalue weighted by Crippen LogP contribution is 2.31. The van der Waals surface area contributed by atoms with E-state index in [1.165, 1.54) is 0 Å². The average molecular weight is 297 g/mol. The summed E-state index contributed by atoms with van der Waals surface area (Å²) in [6.07, 6.45) is 1.73. The van der Waals surface area contributed by atoms with Crippen molar-refractivity contribution in [2.45, 2.75) is 13.8 Å². The molecule has 2 heterocycles. The molecule has 0 amide bonds. The van der Waals surface area contributed by atoms with Crippen LogP contribution >= 0.6 is 11.3 Å². The number of rotatable bonds is 2. The van der Waals surface area contributed by atoms with E-state index in [9.17, 15) is 0 Å². The molecule has 0 unspecified atom stereocenters. The van der Waals surface area contributed by atoms with E-state index in [1.807, 2.05) is 19.9 Å². The molecular formula is C15H15N5S. The maximum atomic E-state index is 6.00. The molecule has 1 aromatic carbocycles. The van der Waals surface area contributed by atoms with Crippen molar-refractivity contribution in [3.8, 4) is 22.0 Å². The van der Waals surface area contributed by atoms with E-state index in [1.54, 1.807) is 35.7 Å². The number of benzene rings is 1. The van der Waals surface area contributed by atoms with Gasteiger partial charge in [0.1, 0.15) is 0 Å². The molecule has 6 heteroatoms. The van der Waals surface area contributed by atoms with Crippen LogP contribution in [0.5, 0.6) is 0 Å². The van der Waals surface area contributed by atoms with E-state index in [0.29, 0.717) is 17.2 Å². The van der Waals surface area contributed by atoms with E-state index in [2.05, 4.69) is 15.0 Å². The molecular weight excluding hydrogens is 282 g/mol. The Balaban J connectivity index is 2.12. The van der Waals surface area contributed by atoms with Gasteiger partial charge < -0.3 is 11.5 Å². The molecule has 0 aliphatic heterocycles. The summed E-state index contributed by atoms with van der Waals surface area (Å²) in [5.41, 5.74) is 15.6. The molecule has 0 spiro atoms. The van der Waals surface area contributed by atoms with Gasteiger partial charge in [-0.15, -0.1) is 11.3 Å². The number of aryl methyl sites for hydroxylation is 2. The lowest BCUT2D eigenvalue weighted by Gasteiger charge is -2.07. The van der Waals surface area contributed by atoms with Gasteiger partial charge in [-0.1, -0.05) is 0 Å². The van der Waals surface area contributed by atoms with Crippen LogP contribution in [0.25, 0.3) is 22.0 Å². The second-order valence-electron chi connectivity index (χ2n) is 4.76. The van der Waals surface area contributed by atoms with Crippen LogP contribution in [0, 0.1) is 13.8 Å². The van der Waals surface area contributed by atoms with Crippen LogP contribution in [-0.4, -0.2) is 15.0 Å². The molecule has 5 nitrogen and oxygen atoms in total. The van der Waals surface area contributed by atoms with Gasteiger partial charge in [-0.05, 0) is 38.1 Å². The van der Waals surface area contributed by atoms with E-state index in [0.717, 1.165) is 26.8 Å². The van der Waals surface area contributed by atoms with Crippen molar-refractivity contribution in [3.05, 3.63) is 41.2 Å². The van der Waals surface area contributed by atoms with Crippen LogP contribution < -0.4 is 11.5 Å². The Bertz CT molecular complexity index is 810. The standard InChI is InChI=1S/C15H15N5S/c1-8-14(21-9(2)19-8)13-5-6-18-15(20-13)11-7-10(16)3-4-12(11)17/h3-7H,16-17H2,1-2H3. The Morgan fingerprint density at radius 2 is 1.86 bits per heavy atom. The second kappa shape index (κ2) is 5.14. The SMILES string of the molecule is Cc1nc(C)c(-c2ccnc(-c3cc(N)ccc3N)n2)s1. The number of nitrogens with zero attached hydrogens (tertiary/aromatic N) is 3. The number of aromatic nitrogens is 3. The third-order valence-corrected chi connectivity index (χ3v) is 4.21. The lowest BCUT2D eigenvalue weighted by molar-refractivity contribution is 1.16. The first-order valence-electron chi connectivity index (χ1n) is 6.47. The summed E-state index contributed by atoms with van der Waals surface area (Å²) in [5, 5.41) is 1.02. The highest BCUT2D eigenvalue weighted by atomic mass is 32.1. The minimum absolute atomic E-state index is 0.572. The Morgan fingerprint density at radius 1 is 1.05 bits per heavy atom. The maximum absolute atomic E-state index is 6.00. The van der Waals surface area contributed by atoms with Gasteiger partial charge in [-0.2, -0.15) is 0 Å². The summed E-state index contributed by atoms with van der Waals surface area (Å²) in [6.45, 7) is 3.97. The summed E-state index contributed by atoms with van der Waals surface area (Å²) in [5.74, 6) is 0.572. The Kier molecular flexibility index (Phi) is 3.31. The van der Waals surface area contributed by atoms with Gasteiger partial charge in [0, 0.05) is 23.1 Å². The number of hydrogen-bond acceptors (Lipinski definition) is 6. The third kappa shape index (κ3) is 2.57. The average Bonchev–Trinajstić information content (AvgIpc) is 2.80. The zero-order chi connectivity index (χ0) is 15.0. The molecule has 106 valence electrons. The number of anilines is 2. The predicted octanol–water partition coefficient (Wildman–Crippen LogP) is 3.05. The van der Waals surface area contributed by atoms with E-state index in [-0.39, 0.29) is 0 Å². The molecule has 0 fully saturated rings. The zero-order valence-corrected chi connectivity index (χ0v) is 12.6. The van der Waals surface area contributed by atoms with E-state index < -0.39 is 0 Å². The first-order chi connectivity index (χ1) is 10.0. The Hall–Kier alpha value is -2.47. The van der Waals surface area contributed by atoms with Crippen molar-refractivity contribution >= 4 is 22.7 Å². The fourth-order valence-corrected chi connectivity index (χ4v) is 3.04. The largest absolute Gasteiger partial charge is 0.399 e. The summed E-state index contributed by atoms with van der Waals surface area (Å²) < 4.78 is 0. The van der Waals surface area contributed by atoms with Crippen molar-refractivity contribution in [2.75, 3.05) is 11.5 Å². The molecule has 3 aromatic rings. The molecule has 0 bridgehead atoms. The van der Waals surface area contributed by atoms with Crippen molar-refractivity contribution in [2.24, 2.45) is 0 Å². The Labute approximate surface area is 126 Å². The van der Waals surface area contributed by atoms with Gasteiger partial charge in [-0.25, -0.2) is 15.0 Å². The molecule has 0 aliphatic carbocycles. The monoisotopic (exact) mass is 297 g/mol. The maximum Gasteiger partial charge on any atom is 0.161 e. The minimum atomic E-state index is 0.572. The highest BCUT2D eigenvalue weighted by Gasteiger charge is 2.12. The quantitative estimate of drug-likeness (QED) is 0.709. The lowest BCUT2D eigenvalue weighted by atomic mass is 10.1. The van der Waals surface area contributed by atoms with Gasteiger partial charge in [0.05, 0.1) is 21.3 Å². The zero-order valence-electron chi connectivity index (χ0n) is 11.8. The van der Waals surface area contributed by atoms with Crippen molar-refractivity contribution in [1.29, 1.82) is 0 Å². The number of hydrogen-bond donors (Lipinski definition) is 2. The van der Waals surface area contributed by atoms with Crippen LogP contribution in [-0.2, 0) is 0 Å². The molecule has 0 saturated heterocycles. The van der Waals surface area contributed by atoms with Crippen LogP contribution in [0.2, 0.25) is 0 Å². The normalized spacial score (nSPS) is 10.8. The van der Waals surface area contributed by atoms with Crippen LogP contribution in [0.4, 0.5) is 11.4 Å². The first-order valence-corrected chi connectivity index (χ1v) is 7.29. The fourth-order valence-electron chi connectivity index (χ4n) is 2.15. The molecule has 2 aromatic heterocycles. The number of nitrogens with two attached hydrogens (primary N) is 2. The molecule has 4 N–H and O–H groups in total. The van der Waals surface area contributed by atoms with Crippen LogP contribution in [0.3, 0.4) is 0 Å². The van der Waals surface area contributed by atoms with Crippen molar-refractivity contribution in [1.82, 2.24) is 15.0 Å². The smallest absolute Gasteiger partial charge is 0.161 e. The lowest BCUT2D eigenvalue weighted by Crippen LogP contribution is -1.97. The van der Waals surface area contributed by atoms with Gasteiger partial charge in [-0.3, -0.25) is 0 Å². The van der Waals surface area contributed by atoms with Crippen LogP contribution in [0.1, 0.15) is 10.7 Å². The minimum Gasteiger partial charge on any atom is -0.399 e. The molecule has 0 aliphatic rings. The number of nitrogen functional groups attached to an aromatic ring is 2. The Morgan fingerprint density at radius 3 is 2.57 bits per heavy atom. The van der Waals surface area contributed by atoms with Crippen molar-refractivity contribution < 1.29 is 0 Å². The summed E-state index contributed by atoms with van der Waals surface area (Å²) in [7, 11) is 0. The molecule has 0 saturated carbocycles. The molecule has 21 heavy (non-hydrogen) atoms. The predicted molar refractivity (Wildman–Crippen MR) is 86.9 cm³/mol. The fraction of sp³-hybridized carbons (Fsp3) is 0.133. The molecule has 0 radical (unpaired) electrons. The molecule has 3 rings (SSSR count). The number of thiazole rings is 1.